The number of anilines is 1. The maximum atomic E-state index is 13.1. The van der Waals surface area contributed by atoms with E-state index in [9.17, 15) is 9.18 Å². The summed E-state index contributed by atoms with van der Waals surface area (Å²) in [5, 5.41) is 9.78. The third-order valence-corrected chi connectivity index (χ3v) is 5.11. The van der Waals surface area contributed by atoms with Gasteiger partial charge in [-0.1, -0.05) is 29.8 Å². The fourth-order valence-electron chi connectivity index (χ4n) is 2.62. The van der Waals surface area contributed by atoms with E-state index in [2.05, 4.69) is 10.4 Å². The molecule has 0 aliphatic rings. The molecule has 134 valence electrons. The van der Waals surface area contributed by atoms with Crippen molar-refractivity contribution in [1.29, 1.82) is 0 Å². The molecular formula is C20H13ClFN3OS. The van der Waals surface area contributed by atoms with Crippen LogP contribution in [0.5, 0.6) is 0 Å². The van der Waals surface area contributed by atoms with Gasteiger partial charge >= 0.3 is 0 Å². The van der Waals surface area contributed by atoms with Gasteiger partial charge in [-0.2, -0.15) is 5.10 Å². The van der Waals surface area contributed by atoms with Crippen LogP contribution in [0, 0.1) is 5.82 Å². The topological polar surface area (TPSA) is 46.9 Å². The molecule has 27 heavy (non-hydrogen) atoms. The zero-order chi connectivity index (χ0) is 18.8. The fraction of sp³-hybridized carbons (Fsp3) is 0. The average molecular weight is 398 g/mol. The molecule has 0 fully saturated rings. The second kappa shape index (κ2) is 7.34. The Kier molecular flexibility index (Phi) is 4.75. The van der Waals surface area contributed by atoms with E-state index in [0.717, 1.165) is 4.88 Å². The summed E-state index contributed by atoms with van der Waals surface area (Å²) in [6, 6.07) is 18.3. The SMILES string of the molecule is O=C(Nc1ccc(F)cc1)c1cc(-c2cccs2)nn1-c1ccccc1Cl. The van der Waals surface area contributed by atoms with Gasteiger partial charge in [0.25, 0.3) is 5.91 Å². The Bertz CT molecular complexity index is 1090. The summed E-state index contributed by atoms with van der Waals surface area (Å²) in [4.78, 5) is 13.8. The highest BCUT2D eigenvalue weighted by Crippen LogP contribution is 2.28. The number of hydrogen-bond donors (Lipinski definition) is 1. The van der Waals surface area contributed by atoms with Crippen LogP contribution < -0.4 is 5.32 Å². The van der Waals surface area contributed by atoms with Crippen LogP contribution >= 0.6 is 22.9 Å². The van der Waals surface area contributed by atoms with Gasteiger partial charge in [0.15, 0.2) is 0 Å². The molecule has 0 unspecified atom stereocenters. The lowest BCUT2D eigenvalue weighted by Crippen LogP contribution is -2.17. The molecule has 0 atom stereocenters. The van der Waals surface area contributed by atoms with Crippen LogP contribution in [0.15, 0.2) is 72.1 Å². The van der Waals surface area contributed by atoms with Gasteiger partial charge < -0.3 is 5.32 Å². The molecule has 1 amide bonds. The molecule has 4 aromatic rings. The third kappa shape index (κ3) is 3.63. The van der Waals surface area contributed by atoms with Crippen LogP contribution in [0.3, 0.4) is 0 Å². The summed E-state index contributed by atoms with van der Waals surface area (Å²) < 4.78 is 14.6. The van der Waals surface area contributed by atoms with Gasteiger partial charge in [-0.3, -0.25) is 4.79 Å². The van der Waals surface area contributed by atoms with E-state index in [-0.39, 0.29) is 11.7 Å². The number of hydrogen-bond acceptors (Lipinski definition) is 3. The van der Waals surface area contributed by atoms with Gasteiger partial charge in [0.05, 0.1) is 15.6 Å². The van der Waals surface area contributed by atoms with Crippen LogP contribution in [0.2, 0.25) is 5.02 Å². The fourth-order valence-corrected chi connectivity index (χ4v) is 3.52. The monoisotopic (exact) mass is 397 g/mol. The number of nitrogens with zero attached hydrogens (tertiary/aromatic N) is 2. The van der Waals surface area contributed by atoms with Crippen molar-refractivity contribution >= 4 is 34.5 Å². The van der Waals surface area contributed by atoms with Gasteiger partial charge in [0.2, 0.25) is 0 Å². The lowest BCUT2D eigenvalue weighted by Gasteiger charge is -2.09. The molecule has 0 spiro atoms. The van der Waals surface area contributed by atoms with E-state index in [0.29, 0.717) is 27.8 Å². The van der Waals surface area contributed by atoms with Crippen LogP contribution in [-0.4, -0.2) is 15.7 Å². The van der Waals surface area contributed by atoms with Crippen molar-refractivity contribution < 1.29 is 9.18 Å². The molecule has 0 saturated carbocycles. The van der Waals surface area contributed by atoms with Crippen molar-refractivity contribution in [1.82, 2.24) is 9.78 Å². The van der Waals surface area contributed by atoms with Crippen molar-refractivity contribution in [3.05, 3.63) is 88.6 Å². The number of carbonyl (C=O) groups is 1. The smallest absolute Gasteiger partial charge is 0.274 e. The number of rotatable bonds is 4. The van der Waals surface area contributed by atoms with E-state index in [1.807, 2.05) is 29.6 Å². The van der Waals surface area contributed by atoms with Gasteiger partial charge in [-0.15, -0.1) is 11.3 Å². The second-order valence-electron chi connectivity index (χ2n) is 5.72. The summed E-state index contributed by atoms with van der Waals surface area (Å²) in [6.45, 7) is 0. The lowest BCUT2D eigenvalue weighted by molar-refractivity contribution is 0.101. The maximum Gasteiger partial charge on any atom is 0.274 e. The largest absolute Gasteiger partial charge is 0.321 e. The molecule has 0 saturated heterocycles. The molecule has 0 aliphatic heterocycles. The predicted octanol–water partition coefficient (Wildman–Crippen LogP) is 5.65. The van der Waals surface area contributed by atoms with Crippen LogP contribution in [-0.2, 0) is 0 Å². The normalized spacial score (nSPS) is 10.7. The highest BCUT2D eigenvalue weighted by Gasteiger charge is 2.19. The van der Waals surface area contributed by atoms with E-state index in [4.69, 9.17) is 11.6 Å². The Balaban J connectivity index is 1.77. The molecule has 2 heterocycles. The third-order valence-electron chi connectivity index (χ3n) is 3.90. The first kappa shape index (κ1) is 17.5. The molecule has 0 aliphatic carbocycles. The minimum absolute atomic E-state index is 0.329. The summed E-state index contributed by atoms with van der Waals surface area (Å²) >= 11 is 7.85. The number of thiophene rings is 1. The molecular weight excluding hydrogens is 385 g/mol. The minimum Gasteiger partial charge on any atom is -0.321 e. The van der Waals surface area contributed by atoms with Gasteiger partial charge in [-0.25, -0.2) is 9.07 Å². The summed E-state index contributed by atoms with van der Waals surface area (Å²) in [5.41, 5.74) is 2.10. The summed E-state index contributed by atoms with van der Waals surface area (Å²) in [6.07, 6.45) is 0. The van der Waals surface area contributed by atoms with Crippen molar-refractivity contribution in [3.63, 3.8) is 0 Å². The van der Waals surface area contributed by atoms with E-state index < -0.39 is 0 Å². The van der Waals surface area contributed by atoms with Crippen LogP contribution in [0.1, 0.15) is 10.5 Å². The first-order valence-corrected chi connectivity index (χ1v) is 9.33. The molecule has 4 nitrogen and oxygen atoms in total. The highest BCUT2D eigenvalue weighted by molar-refractivity contribution is 7.13. The Labute approximate surface area is 163 Å². The molecule has 2 aromatic heterocycles. The van der Waals surface area contributed by atoms with Crippen molar-refractivity contribution in [2.75, 3.05) is 5.32 Å². The molecule has 1 N–H and O–H groups in total. The van der Waals surface area contributed by atoms with Crippen molar-refractivity contribution in [2.24, 2.45) is 0 Å². The first-order chi connectivity index (χ1) is 13.1. The predicted molar refractivity (Wildman–Crippen MR) is 106 cm³/mol. The molecule has 4 rings (SSSR count). The number of aromatic nitrogens is 2. The highest BCUT2D eigenvalue weighted by atomic mass is 35.5. The quantitative estimate of drug-likeness (QED) is 0.484. The molecule has 2 aromatic carbocycles. The number of halogens is 2. The first-order valence-electron chi connectivity index (χ1n) is 8.07. The minimum atomic E-state index is -0.367. The molecule has 0 bridgehead atoms. The van der Waals surface area contributed by atoms with E-state index >= 15 is 0 Å². The number of benzene rings is 2. The zero-order valence-corrected chi connectivity index (χ0v) is 15.5. The lowest BCUT2D eigenvalue weighted by atomic mass is 10.2. The summed E-state index contributed by atoms with van der Waals surface area (Å²) in [5.74, 6) is -0.731. The average Bonchev–Trinajstić information content (AvgIpc) is 3.33. The summed E-state index contributed by atoms with van der Waals surface area (Å²) in [7, 11) is 0. The Morgan fingerprint density at radius 2 is 1.85 bits per heavy atom. The zero-order valence-electron chi connectivity index (χ0n) is 13.9. The number of para-hydroxylation sites is 1. The van der Waals surface area contributed by atoms with Crippen molar-refractivity contribution in [3.8, 4) is 16.3 Å². The van der Waals surface area contributed by atoms with E-state index in [1.54, 1.807) is 18.2 Å². The van der Waals surface area contributed by atoms with Crippen molar-refractivity contribution in [2.45, 2.75) is 0 Å². The molecule has 7 heteroatoms. The molecule has 0 radical (unpaired) electrons. The second-order valence-corrected chi connectivity index (χ2v) is 7.07. The Morgan fingerprint density at radius 3 is 2.56 bits per heavy atom. The maximum absolute atomic E-state index is 13.1. The van der Waals surface area contributed by atoms with Crippen LogP contribution in [0.4, 0.5) is 10.1 Å². The van der Waals surface area contributed by atoms with Gasteiger partial charge in [0, 0.05) is 5.69 Å². The standard InChI is InChI=1S/C20H13ClFN3OS/c21-15-4-1-2-5-17(15)25-18(12-16(24-25)19-6-3-11-27-19)20(26)23-14-9-7-13(22)8-10-14/h1-12H,(H,23,26). The number of nitrogens with one attached hydrogen (secondary N) is 1. The Hall–Kier alpha value is -2.96. The van der Waals surface area contributed by atoms with Gasteiger partial charge in [0.1, 0.15) is 17.2 Å². The number of amides is 1. The number of carbonyl (C=O) groups excluding carboxylic acids is 1. The van der Waals surface area contributed by atoms with E-state index in [1.165, 1.54) is 40.3 Å². The Morgan fingerprint density at radius 1 is 1.07 bits per heavy atom. The van der Waals surface area contributed by atoms with Gasteiger partial charge in [-0.05, 0) is 53.9 Å². The van der Waals surface area contributed by atoms with Crippen LogP contribution in [0.25, 0.3) is 16.3 Å².